The molecule has 0 bridgehead atoms. The van der Waals surface area contributed by atoms with Crippen LogP contribution in [0.5, 0.6) is 0 Å². The molecule has 5 heteroatoms. The molecule has 3 nitrogen and oxygen atoms in total. The van der Waals surface area contributed by atoms with Gasteiger partial charge in [-0.3, -0.25) is 0 Å². The van der Waals surface area contributed by atoms with Crippen LogP contribution in [0.25, 0.3) is 0 Å². The molecule has 0 radical (unpaired) electrons. The van der Waals surface area contributed by atoms with E-state index in [0.29, 0.717) is 0 Å². The second-order valence-corrected chi connectivity index (χ2v) is 6.23. The monoisotopic (exact) mass is 311 g/mol. The summed E-state index contributed by atoms with van der Waals surface area (Å²) in [5, 5.41) is 6.63. The molecule has 1 unspecified atom stereocenters. The van der Waals surface area contributed by atoms with Crippen LogP contribution in [-0.2, 0) is 13.0 Å². The second-order valence-electron chi connectivity index (χ2n) is 4.94. The zero-order chi connectivity index (χ0) is 14.5. The van der Waals surface area contributed by atoms with Crippen LogP contribution >= 0.6 is 22.9 Å². The molecule has 2 aromatic heterocycles. The number of aryl methyl sites for hydroxylation is 2. The summed E-state index contributed by atoms with van der Waals surface area (Å²) in [6, 6.07) is 0.244. The van der Waals surface area contributed by atoms with Crippen molar-refractivity contribution in [1.29, 1.82) is 0 Å². The Balaban J connectivity index is 2.21. The van der Waals surface area contributed by atoms with Crippen LogP contribution in [0.1, 0.15) is 42.6 Å². The summed E-state index contributed by atoms with van der Waals surface area (Å²) in [4.78, 5) is 5.71. The molecule has 0 saturated carbocycles. The fraction of sp³-hybridized carbons (Fsp3) is 0.533. The standard InChI is InChI=1S/C15H22ClN3S/c1-4-6-17-12(15-14(16)11(3)10-20-15)9-13-18-7-8-19(13)5-2/h7-8,10,12,17H,4-6,9H2,1-3H3. The van der Waals surface area contributed by atoms with E-state index in [1.807, 2.05) is 12.4 Å². The predicted octanol–water partition coefficient (Wildman–Crippen LogP) is 4.21. The molecule has 1 N–H and O–H groups in total. The number of imidazole rings is 1. The first-order valence-corrected chi connectivity index (χ1v) is 8.40. The van der Waals surface area contributed by atoms with Crippen LogP contribution < -0.4 is 5.32 Å². The van der Waals surface area contributed by atoms with E-state index in [2.05, 4.69) is 41.0 Å². The molecule has 1 atom stereocenters. The van der Waals surface area contributed by atoms with Gasteiger partial charge in [-0.25, -0.2) is 4.98 Å². The molecule has 0 spiro atoms. The minimum atomic E-state index is 0.244. The molecular formula is C15H22ClN3S. The molecule has 0 aliphatic rings. The number of hydrogen-bond acceptors (Lipinski definition) is 3. The number of thiophene rings is 1. The van der Waals surface area contributed by atoms with Crippen molar-refractivity contribution in [1.82, 2.24) is 14.9 Å². The van der Waals surface area contributed by atoms with Gasteiger partial charge in [0.2, 0.25) is 0 Å². The van der Waals surface area contributed by atoms with Gasteiger partial charge in [0, 0.05) is 30.2 Å². The lowest BCUT2D eigenvalue weighted by atomic mass is 10.1. The Morgan fingerprint density at radius 2 is 2.25 bits per heavy atom. The summed E-state index contributed by atoms with van der Waals surface area (Å²) in [7, 11) is 0. The topological polar surface area (TPSA) is 29.9 Å². The lowest BCUT2D eigenvalue weighted by Gasteiger charge is -2.18. The third-order valence-corrected chi connectivity index (χ3v) is 5.24. The van der Waals surface area contributed by atoms with Crippen molar-refractivity contribution in [2.45, 2.75) is 46.2 Å². The molecular weight excluding hydrogens is 290 g/mol. The highest BCUT2D eigenvalue weighted by atomic mass is 35.5. The number of hydrogen-bond donors (Lipinski definition) is 1. The molecule has 2 heterocycles. The third kappa shape index (κ3) is 3.43. The van der Waals surface area contributed by atoms with Crippen LogP contribution in [-0.4, -0.2) is 16.1 Å². The van der Waals surface area contributed by atoms with E-state index in [1.54, 1.807) is 11.3 Å². The van der Waals surface area contributed by atoms with E-state index in [-0.39, 0.29) is 6.04 Å². The van der Waals surface area contributed by atoms with Gasteiger partial charge in [-0.1, -0.05) is 18.5 Å². The highest BCUT2D eigenvalue weighted by Gasteiger charge is 2.19. The molecule has 20 heavy (non-hydrogen) atoms. The van der Waals surface area contributed by atoms with Crippen molar-refractivity contribution in [2.75, 3.05) is 6.54 Å². The van der Waals surface area contributed by atoms with Crippen LogP contribution in [0.15, 0.2) is 17.8 Å². The fourth-order valence-corrected chi connectivity index (χ4v) is 3.66. The van der Waals surface area contributed by atoms with Crippen molar-refractivity contribution < 1.29 is 0 Å². The summed E-state index contributed by atoms with van der Waals surface area (Å²) in [5.74, 6) is 1.11. The normalized spacial score (nSPS) is 12.8. The van der Waals surface area contributed by atoms with Crippen molar-refractivity contribution in [2.24, 2.45) is 0 Å². The van der Waals surface area contributed by atoms with Gasteiger partial charge < -0.3 is 9.88 Å². The Labute approximate surface area is 130 Å². The van der Waals surface area contributed by atoms with Crippen LogP contribution in [0.3, 0.4) is 0 Å². The summed E-state index contributed by atoms with van der Waals surface area (Å²) in [5.41, 5.74) is 1.16. The maximum absolute atomic E-state index is 6.44. The van der Waals surface area contributed by atoms with Gasteiger partial charge in [0.05, 0.1) is 11.1 Å². The van der Waals surface area contributed by atoms with Gasteiger partial charge in [-0.15, -0.1) is 11.3 Å². The van der Waals surface area contributed by atoms with Gasteiger partial charge in [0.15, 0.2) is 0 Å². The Morgan fingerprint density at radius 3 is 2.85 bits per heavy atom. The minimum absolute atomic E-state index is 0.244. The van der Waals surface area contributed by atoms with Crippen molar-refractivity contribution in [3.63, 3.8) is 0 Å². The third-order valence-electron chi connectivity index (χ3n) is 3.41. The number of aromatic nitrogens is 2. The quantitative estimate of drug-likeness (QED) is 0.830. The Morgan fingerprint density at radius 1 is 1.45 bits per heavy atom. The predicted molar refractivity (Wildman–Crippen MR) is 86.7 cm³/mol. The summed E-state index contributed by atoms with van der Waals surface area (Å²) >= 11 is 8.18. The molecule has 0 amide bonds. The average molecular weight is 312 g/mol. The first-order chi connectivity index (χ1) is 9.67. The van der Waals surface area contributed by atoms with Crippen molar-refractivity contribution in [3.05, 3.63) is 39.1 Å². The van der Waals surface area contributed by atoms with Crippen molar-refractivity contribution in [3.8, 4) is 0 Å². The van der Waals surface area contributed by atoms with E-state index in [1.165, 1.54) is 4.88 Å². The van der Waals surface area contributed by atoms with Gasteiger partial charge in [-0.2, -0.15) is 0 Å². The molecule has 110 valence electrons. The van der Waals surface area contributed by atoms with Gasteiger partial charge >= 0.3 is 0 Å². The summed E-state index contributed by atoms with van der Waals surface area (Å²) < 4.78 is 2.19. The lowest BCUT2D eigenvalue weighted by Crippen LogP contribution is -2.25. The molecule has 0 fully saturated rings. The van der Waals surface area contributed by atoms with Gasteiger partial charge in [0.25, 0.3) is 0 Å². The van der Waals surface area contributed by atoms with E-state index in [9.17, 15) is 0 Å². The minimum Gasteiger partial charge on any atom is -0.335 e. The van der Waals surface area contributed by atoms with Gasteiger partial charge in [-0.05, 0) is 37.8 Å². The SMILES string of the molecule is CCCNC(Cc1nccn1CC)c1scc(C)c1Cl. The maximum atomic E-state index is 6.44. The van der Waals surface area contributed by atoms with E-state index < -0.39 is 0 Å². The lowest BCUT2D eigenvalue weighted by molar-refractivity contribution is 0.513. The van der Waals surface area contributed by atoms with Crippen LogP contribution in [0.2, 0.25) is 5.02 Å². The van der Waals surface area contributed by atoms with Gasteiger partial charge in [0.1, 0.15) is 5.82 Å². The Bertz CT molecular complexity index is 547. The fourth-order valence-electron chi connectivity index (χ4n) is 2.26. The molecule has 2 aromatic rings. The average Bonchev–Trinajstić information content (AvgIpc) is 3.03. The largest absolute Gasteiger partial charge is 0.335 e. The molecule has 0 aliphatic carbocycles. The molecule has 0 saturated heterocycles. The number of nitrogens with one attached hydrogen (secondary N) is 1. The number of halogens is 1. The summed E-state index contributed by atoms with van der Waals surface area (Å²) in [6.07, 6.45) is 5.89. The zero-order valence-corrected chi connectivity index (χ0v) is 13.9. The van der Waals surface area contributed by atoms with Crippen LogP contribution in [0.4, 0.5) is 0 Å². The van der Waals surface area contributed by atoms with E-state index in [0.717, 1.165) is 42.3 Å². The van der Waals surface area contributed by atoms with E-state index >= 15 is 0 Å². The highest BCUT2D eigenvalue weighted by Crippen LogP contribution is 2.33. The Hall–Kier alpha value is -0.840. The second kappa shape index (κ2) is 7.25. The molecule has 2 rings (SSSR count). The smallest absolute Gasteiger partial charge is 0.110 e. The number of rotatable bonds is 7. The van der Waals surface area contributed by atoms with Crippen molar-refractivity contribution >= 4 is 22.9 Å². The first-order valence-electron chi connectivity index (χ1n) is 7.14. The zero-order valence-electron chi connectivity index (χ0n) is 12.3. The first kappa shape index (κ1) is 15.5. The molecule has 0 aliphatic heterocycles. The Kier molecular flexibility index (Phi) is 5.64. The highest BCUT2D eigenvalue weighted by molar-refractivity contribution is 7.10. The summed E-state index contributed by atoms with van der Waals surface area (Å²) in [6.45, 7) is 8.32. The van der Waals surface area contributed by atoms with Crippen LogP contribution in [0, 0.1) is 6.92 Å². The number of nitrogens with zero attached hydrogens (tertiary/aromatic N) is 2. The van der Waals surface area contributed by atoms with E-state index in [4.69, 9.17) is 11.6 Å². The molecule has 0 aromatic carbocycles. The maximum Gasteiger partial charge on any atom is 0.110 e.